The Morgan fingerprint density at radius 2 is 2.00 bits per heavy atom. The highest BCUT2D eigenvalue weighted by Crippen LogP contribution is 2.31. The van der Waals surface area contributed by atoms with Crippen LogP contribution in [0.4, 0.5) is 0 Å². The minimum Gasteiger partial charge on any atom is -0.493 e. The van der Waals surface area contributed by atoms with E-state index in [-0.39, 0.29) is 0 Å². The molecule has 1 aliphatic heterocycles. The maximum absolute atomic E-state index is 10.5. The van der Waals surface area contributed by atoms with Crippen LogP contribution in [-0.2, 0) is 6.42 Å². The molecule has 0 saturated carbocycles. The summed E-state index contributed by atoms with van der Waals surface area (Å²) >= 11 is 6.04. The third kappa shape index (κ3) is 2.46. The number of hydrogen-bond donors (Lipinski definition) is 1. The molecule has 19 heavy (non-hydrogen) atoms. The van der Waals surface area contributed by atoms with Crippen molar-refractivity contribution in [1.82, 2.24) is 0 Å². The topological polar surface area (TPSA) is 29.5 Å². The van der Waals surface area contributed by atoms with E-state index in [1.54, 1.807) is 0 Å². The van der Waals surface area contributed by atoms with Gasteiger partial charge in [-0.15, -0.1) is 0 Å². The number of fused-ring (bicyclic) bond motifs is 1. The van der Waals surface area contributed by atoms with Crippen LogP contribution in [0.25, 0.3) is 0 Å². The third-order valence-electron chi connectivity index (χ3n) is 3.41. The maximum atomic E-state index is 10.5. The zero-order valence-electron chi connectivity index (χ0n) is 10.7. The molecule has 98 valence electrons. The molecule has 3 rings (SSSR count). The first-order valence-electron chi connectivity index (χ1n) is 6.34. The zero-order chi connectivity index (χ0) is 13.4. The second-order valence-corrected chi connectivity index (χ2v) is 5.37. The van der Waals surface area contributed by atoms with Gasteiger partial charge in [0.05, 0.1) is 6.61 Å². The number of hydrogen-bond acceptors (Lipinski definition) is 2. The van der Waals surface area contributed by atoms with Crippen molar-refractivity contribution in [2.45, 2.75) is 19.4 Å². The van der Waals surface area contributed by atoms with E-state index in [0.29, 0.717) is 5.02 Å². The Bertz CT molecular complexity index is 602. The fourth-order valence-corrected chi connectivity index (χ4v) is 2.79. The number of aliphatic hydroxyl groups is 1. The van der Waals surface area contributed by atoms with Gasteiger partial charge in [0, 0.05) is 11.4 Å². The van der Waals surface area contributed by atoms with Gasteiger partial charge in [-0.3, -0.25) is 0 Å². The molecular weight excluding hydrogens is 260 g/mol. The number of ether oxygens (including phenoxy) is 1. The van der Waals surface area contributed by atoms with E-state index in [1.807, 2.05) is 43.3 Å². The first kappa shape index (κ1) is 12.5. The van der Waals surface area contributed by atoms with Gasteiger partial charge in [0.2, 0.25) is 0 Å². The number of aryl methyl sites for hydroxylation is 1. The van der Waals surface area contributed by atoms with Crippen molar-refractivity contribution in [1.29, 1.82) is 0 Å². The molecule has 2 aromatic carbocycles. The summed E-state index contributed by atoms with van der Waals surface area (Å²) in [6.45, 7) is 2.70. The largest absolute Gasteiger partial charge is 0.493 e. The molecule has 0 fully saturated rings. The van der Waals surface area contributed by atoms with E-state index in [1.165, 1.54) is 0 Å². The molecule has 1 heterocycles. The molecule has 0 aromatic heterocycles. The van der Waals surface area contributed by atoms with Crippen LogP contribution in [-0.4, -0.2) is 11.7 Å². The highest BCUT2D eigenvalue weighted by molar-refractivity contribution is 6.30. The summed E-state index contributed by atoms with van der Waals surface area (Å²) in [6, 6.07) is 11.5. The van der Waals surface area contributed by atoms with Gasteiger partial charge in [-0.05, 0) is 53.4 Å². The molecule has 1 atom stereocenters. The maximum Gasteiger partial charge on any atom is 0.122 e. The minimum atomic E-state index is -0.650. The van der Waals surface area contributed by atoms with Gasteiger partial charge < -0.3 is 9.84 Å². The normalized spacial score (nSPS) is 14.9. The minimum absolute atomic E-state index is 0.650. The van der Waals surface area contributed by atoms with Crippen LogP contribution in [0, 0.1) is 6.92 Å². The van der Waals surface area contributed by atoms with Gasteiger partial charge in [0.25, 0.3) is 0 Å². The van der Waals surface area contributed by atoms with E-state index in [4.69, 9.17) is 16.3 Å². The Labute approximate surface area is 117 Å². The molecule has 0 bridgehead atoms. The highest BCUT2D eigenvalue weighted by atomic mass is 35.5. The van der Waals surface area contributed by atoms with Crippen molar-refractivity contribution in [2.75, 3.05) is 6.61 Å². The lowest BCUT2D eigenvalue weighted by atomic mass is 9.98. The summed E-state index contributed by atoms with van der Waals surface area (Å²) in [5.74, 6) is 0.929. The Morgan fingerprint density at radius 1 is 1.16 bits per heavy atom. The molecule has 0 saturated heterocycles. The molecular formula is C16H15ClO2. The van der Waals surface area contributed by atoms with Crippen molar-refractivity contribution in [3.63, 3.8) is 0 Å². The SMILES string of the molecule is Cc1cc(Cl)cc(C(O)c2ccc3c(c2)CCO3)c1. The number of halogens is 1. The molecule has 0 radical (unpaired) electrons. The Hall–Kier alpha value is -1.51. The standard InChI is InChI=1S/C16H15ClO2/c1-10-6-13(9-14(17)7-10)16(18)12-2-3-15-11(8-12)4-5-19-15/h2-3,6-9,16,18H,4-5H2,1H3. The first-order valence-corrected chi connectivity index (χ1v) is 6.72. The van der Waals surface area contributed by atoms with Crippen LogP contribution in [0.3, 0.4) is 0 Å². The quantitative estimate of drug-likeness (QED) is 0.905. The van der Waals surface area contributed by atoms with Crippen molar-refractivity contribution >= 4 is 11.6 Å². The second kappa shape index (κ2) is 4.87. The molecule has 0 aliphatic carbocycles. The fourth-order valence-electron chi connectivity index (χ4n) is 2.49. The third-order valence-corrected chi connectivity index (χ3v) is 3.63. The predicted octanol–water partition coefficient (Wildman–Crippen LogP) is 3.67. The summed E-state index contributed by atoms with van der Waals surface area (Å²) < 4.78 is 5.47. The molecule has 0 spiro atoms. The molecule has 1 aliphatic rings. The van der Waals surface area contributed by atoms with E-state index in [0.717, 1.165) is 41.0 Å². The van der Waals surface area contributed by atoms with Crippen molar-refractivity contribution in [2.24, 2.45) is 0 Å². The van der Waals surface area contributed by atoms with Gasteiger partial charge in [-0.25, -0.2) is 0 Å². The predicted molar refractivity (Wildman–Crippen MR) is 75.9 cm³/mol. The monoisotopic (exact) mass is 274 g/mol. The van der Waals surface area contributed by atoms with Gasteiger partial charge in [-0.2, -0.15) is 0 Å². The Balaban J connectivity index is 1.97. The summed E-state index contributed by atoms with van der Waals surface area (Å²) in [7, 11) is 0. The molecule has 2 aromatic rings. The Kier molecular flexibility index (Phi) is 3.21. The van der Waals surface area contributed by atoms with Crippen LogP contribution in [0.2, 0.25) is 5.02 Å². The second-order valence-electron chi connectivity index (χ2n) is 4.93. The summed E-state index contributed by atoms with van der Waals surface area (Å²) in [6.07, 6.45) is 0.257. The summed E-state index contributed by atoms with van der Waals surface area (Å²) in [5, 5.41) is 11.1. The molecule has 1 N–H and O–H groups in total. The van der Waals surface area contributed by atoms with E-state index in [9.17, 15) is 5.11 Å². The lowest BCUT2D eigenvalue weighted by molar-refractivity contribution is 0.220. The lowest BCUT2D eigenvalue weighted by Crippen LogP contribution is -2.00. The van der Waals surface area contributed by atoms with Crippen LogP contribution in [0.1, 0.15) is 28.4 Å². The van der Waals surface area contributed by atoms with Crippen molar-refractivity contribution in [3.05, 3.63) is 63.7 Å². The lowest BCUT2D eigenvalue weighted by Gasteiger charge is -2.14. The Morgan fingerprint density at radius 3 is 2.79 bits per heavy atom. The number of benzene rings is 2. The van der Waals surface area contributed by atoms with Gasteiger partial charge in [0.15, 0.2) is 0 Å². The number of rotatable bonds is 2. The van der Waals surface area contributed by atoms with Crippen LogP contribution in [0.5, 0.6) is 5.75 Å². The molecule has 0 amide bonds. The summed E-state index contributed by atoms with van der Waals surface area (Å²) in [5.41, 5.74) is 3.91. The van der Waals surface area contributed by atoms with Crippen LogP contribution < -0.4 is 4.74 Å². The van der Waals surface area contributed by atoms with Crippen molar-refractivity contribution in [3.8, 4) is 5.75 Å². The van der Waals surface area contributed by atoms with Crippen molar-refractivity contribution < 1.29 is 9.84 Å². The molecule has 2 nitrogen and oxygen atoms in total. The molecule has 1 unspecified atom stereocenters. The van der Waals surface area contributed by atoms with Gasteiger partial charge >= 0.3 is 0 Å². The molecule has 3 heteroatoms. The fraction of sp³-hybridized carbons (Fsp3) is 0.250. The first-order chi connectivity index (χ1) is 9.13. The smallest absolute Gasteiger partial charge is 0.122 e. The number of aliphatic hydroxyl groups excluding tert-OH is 1. The highest BCUT2D eigenvalue weighted by Gasteiger charge is 2.17. The zero-order valence-corrected chi connectivity index (χ0v) is 11.4. The van der Waals surface area contributed by atoms with Gasteiger partial charge in [-0.1, -0.05) is 23.7 Å². The van der Waals surface area contributed by atoms with Crippen LogP contribution in [0.15, 0.2) is 36.4 Å². The van der Waals surface area contributed by atoms with E-state index in [2.05, 4.69) is 0 Å². The van der Waals surface area contributed by atoms with Gasteiger partial charge in [0.1, 0.15) is 11.9 Å². The van der Waals surface area contributed by atoms with E-state index >= 15 is 0 Å². The average Bonchev–Trinajstić information content (AvgIpc) is 2.83. The summed E-state index contributed by atoms with van der Waals surface area (Å²) in [4.78, 5) is 0. The average molecular weight is 275 g/mol. The van der Waals surface area contributed by atoms with Crippen LogP contribution >= 0.6 is 11.6 Å². The van der Waals surface area contributed by atoms with E-state index < -0.39 is 6.10 Å².